The van der Waals surface area contributed by atoms with E-state index in [1.54, 1.807) is 13.8 Å². The number of hydrogen-bond acceptors (Lipinski definition) is 7. The van der Waals surface area contributed by atoms with Crippen LogP contribution in [0.1, 0.15) is 103 Å². The zero-order chi connectivity index (χ0) is 27.6. The third kappa shape index (κ3) is 5.31. The number of carbonyl (C=O) groups excluding carboxylic acids is 1. The number of hydrogen-bond donors (Lipinski definition) is 0. The molecule has 0 amide bonds. The van der Waals surface area contributed by atoms with E-state index in [0.717, 1.165) is 30.2 Å². The first-order chi connectivity index (χ1) is 19.6. The summed E-state index contributed by atoms with van der Waals surface area (Å²) in [5.41, 5.74) is 1.06. The lowest BCUT2D eigenvalue weighted by atomic mass is 9.73. The lowest BCUT2D eigenvalue weighted by Gasteiger charge is -2.54. The fourth-order valence-electron chi connectivity index (χ4n) is 8.48. The maximum absolute atomic E-state index is 14.2. The zero-order valence-corrected chi connectivity index (χ0v) is 24.1. The average molecular weight is 549 g/mol. The van der Waals surface area contributed by atoms with E-state index in [-0.39, 0.29) is 36.2 Å². The lowest BCUT2D eigenvalue weighted by Crippen LogP contribution is -2.58. The highest BCUT2D eigenvalue weighted by Crippen LogP contribution is 2.47. The van der Waals surface area contributed by atoms with Crippen LogP contribution >= 0.6 is 0 Å². The Labute approximate surface area is 237 Å². The summed E-state index contributed by atoms with van der Waals surface area (Å²) in [6, 6.07) is 9.47. The van der Waals surface area contributed by atoms with Gasteiger partial charge in [-0.25, -0.2) is 9.78 Å². The summed E-state index contributed by atoms with van der Waals surface area (Å²) in [5.74, 6) is 1.10. The van der Waals surface area contributed by atoms with E-state index in [9.17, 15) is 9.59 Å². The summed E-state index contributed by atoms with van der Waals surface area (Å²) in [5, 5.41) is 4.01. The molecule has 2 saturated carbocycles. The maximum atomic E-state index is 14.2. The Hall–Kier alpha value is -2.74. The highest BCUT2D eigenvalue weighted by molar-refractivity contribution is 6.42. The number of ether oxygens (including phenoxy) is 1. The molecule has 8 heteroatoms. The number of piperidine rings is 2. The molecule has 5 atom stereocenters. The van der Waals surface area contributed by atoms with E-state index in [1.165, 1.54) is 64.2 Å². The average Bonchev–Trinajstić information content (AvgIpc) is 3.12. The number of para-hydroxylation sites is 2. The van der Waals surface area contributed by atoms with Crippen LogP contribution in [-0.4, -0.2) is 57.5 Å². The van der Waals surface area contributed by atoms with Gasteiger partial charge in [0.05, 0.1) is 17.6 Å². The van der Waals surface area contributed by atoms with Crippen LogP contribution in [-0.2, 0) is 14.4 Å². The van der Waals surface area contributed by atoms with E-state index < -0.39 is 5.97 Å². The Morgan fingerprint density at radius 2 is 1.57 bits per heavy atom. The molecule has 2 aromatic rings. The fraction of sp³-hybridized carbons (Fsp3) is 0.688. The van der Waals surface area contributed by atoms with Crippen LogP contribution in [0.5, 0.6) is 0 Å². The standard InChI is InChI=1S/C32H44N4O4/c1-3-39-32(38)30(34-40-4-2)29-31(37)36(28-15-8-7-14-27(28)33-29)26-19-23-12-9-13-24(20-26)35(23)25-17-21-10-5-6-11-22(16-21)18-25/h7-8,14-15,21-26H,3-6,9-13,16-20H2,1-2H3/b34-30-/t21?,22?,23-,24+,25?,26?. The van der Waals surface area contributed by atoms with E-state index in [2.05, 4.69) is 15.0 Å². The van der Waals surface area contributed by atoms with Crippen molar-refractivity contribution in [1.29, 1.82) is 0 Å². The van der Waals surface area contributed by atoms with Crippen LogP contribution in [0.25, 0.3) is 11.0 Å². The van der Waals surface area contributed by atoms with Crippen molar-refractivity contribution in [3.63, 3.8) is 0 Å². The van der Waals surface area contributed by atoms with Crippen LogP contribution < -0.4 is 5.56 Å². The Balaban J connectivity index is 1.36. The Kier molecular flexibility index (Phi) is 8.24. The molecule has 6 rings (SSSR count). The van der Waals surface area contributed by atoms with Gasteiger partial charge >= 0.3 is 5.97 Å². The molecule has 4 fully saturated rings. The van der Waals surface area contributed by atoms with Gasteiger partial charge < -0.3 is 14.1 Å². The molecule has 2 saturated heterocycles. The van der Waals surface area contributed by atoms with Gasteiger partial charge in [-0.2, -0.15) is 0 Å². The number of fused-ring (bicyclic) bond motifs is 5. The fourth-order valence-corrected chi connectivity index (χ4v) is 8.48. The molecule has 4 aliphatic rings. The largest absolute Gasteiger partial charge is 0.461 e. The van der Waals surface area contributed by atoms with Crippen LogP contribution in [0.2, 0.25) is 0 Å². The highest BCUT2D eigenvalue weighted by atomic mass is 16.6. The van der Waals surface area contributed by atoms with Crippen molar-refractivity contribution >= 4 is 22.7 Å². The first-order valence-corrected chi connectivity index (χ1v) is 15.7. The van der Waals surface area contributed by atoms with Crippen molar-refractivity contribution in [3.05, 3.63) is 40.3 Å². The summed E-state index contributed by atoms with van der Waals surface area (Å²) < 4.78 is 7.16. The minimum atomic E-state index is -0.687. The van der Waals surface area contributed by atoms with E-state index in [1.807, 2.05) is 28.8 Å². The van der Waals surface area contributed by atoms with Gasteiger partial charge in [-0.15, -0.1) is 0 Å². The Bertz CT molecular complexity index is 1280. The number of benzene rings is 1. The minimum Gasteiger partial charge on any atom is -0.461 e. The third-order valence-electron chi connectivity index (χ3n) is 9.92. The first kappa shape index (κ1) is 27.4. The number of esters is 1. The van der Waals surface area contributed by atoms with Crippen molar-refractivity contribution in [2.45, 2.75) is 115 Å². The third-order valence-corrected chi connectivity index (χ3v) is 9.92. The topological polar surface area (TPSA) is 86.0 Å². The molecule has 8 nitrogen and oxygen atoms in total. The van der Waals surface area contributed by atoms with Gasteiger partial charge in [-0.05, 0) is 82.8 Å². The maximum Gasteiger partial charge on any atom is 0.362 e. The second-order valence-electron chi connectivity index (χ2n) is 12.4. The van der Waals surface area contributed by atoms with Gasteiger partial charge in [0, 0.05) is 24.2 Å². The second kappa shape index (κ2) is 12.0. The second-order valence-corrected chi connectivity index (χ2v) is 12.4. The smallest absolute Gasteiger partial charge is 0.362 e. The van der Waals surface area contributed by atoms with Crippen molar-refractivity contribution in [2.24, 2.45) is 17.0 Å². The van der Waals surface area contributed by atoms with Crippen LogP contribution in [0.15, 0.2) is 34.2 Å². The molecule has 216 valence electrons. The Morgan fingerprint density at radius 3 is 2.25 bits per heavy atom. The monoisotopic (exact) mass is 548 g/mol. The van der Waals surface area contributed by atoms with Crippen LogP contribution in [0, 0.1) is 11.8 Å². The van der Waals surface area contributed by atoms with Crippen molar-refractivity contribution < 1.29 is 14.4 Å². The highest BCUT2D eigenvalue weighted by Gasteiger charge is 2.45. The van der Waals surface area contributed by atoms with Crippen molar-refractivity contribution in [2.75, 3.05) is 13.2 Å². The van der Waals surface area contributed by atoms with E-state index in [0.29, 0.717) is 23.6 Å². The van der Waals surface area contributed by atoms with Crippen molar-refractivity contribution in [1.82, 2.24) is 14.5 Å². The zero-order valence-electron chi connectivity index (χ0n) is 24.1. The number of aromatic nitrogens is 2. The summed E-state index contributed by atoms with van der Waals surface area (Å²) in [6.07, 6.45) is 15.3. The van der Waals surface area contributed by atoms with Gasteiger partial charge in [-0.1, -0.05) is 49.4 Å². The summed E-state index contributed by atoms with van der Waals surface area (Å²) in [4.78, 5) is 39.9. The molecule has 40 heavy (non-hydrogen) atoms. The predicted molar refractivity (Wildman–Crippen MR) is 155 cm³/mol. The molecule has 0 spiro atoms. The van der Waals surface area contributed by atoms with Gasteiger partial charge in [0.25, 0.3) is 5.56 Å². The molecule has 3 unspecified atom stereocenters. The number of nitrogens with zero attached hydrogens (tertiary/aromatic N) is 4. The predicted octanol–water partition coefficient (Wildman–Crippen LogP) is 5.62. The molecule has 1 aromatic carbocycles. The van der Waals surface area contributed by atoms with Gasteiger partial charge in [-0.3, -0.25) is 9.69 Å². The molecular weight excluding hydrogens is 504 g/mol. The van der Waals surface area contributed by atoms with Crippen molar-refractivity contribution in [3.8, 4) is 0 Å². The Morgan fingerprint density at radius 1 is 0.875 bits per heavy atom. The molecule has 2 aliphatic heterocycles. The van der Waals surface area contributed by atoms with Gasteiger partial charge in [0.1, 0.15) is 6.61 Å². The first-order valence-electron chi connectivity index (χ1n) is 15.7. The number of oxime groups is 1. The molecule has 4 bridgehead atoms. The molecule has 3 heterocycles. The summed E-state index contributed by atoms with van der Waals surface area (Å²) in [6.45, 7) is 3.97. The van der Waals surface area contributed by atoms with Gasteiger partial charge in [0.2, 0.25) is 5.71 Å². The normalized spacial score (nSPS) is 31.0. The summed E-state index contributed by atoms with van der Waals surface area (Å²) in [7, 11) is 0. The molecule has 2 aliphatic carbocycles. The van der Waals surface area contributed by atoms with Gasteiger partial charge in [0.15, 0.2) is 5.69 Å². The summed E-state index contributed by atoms with van der Waals surface area (Å²) >= 11 is 0. The van der Waals surface area contributed by atoms with Crippen LogP contribution in [0.4, 0.5) is 0 Å². The van der Waals surface area contributed by atoms with E-state index in [4.69, 9.17) is 9.57 Å². The SMILES string of the molecule is CCO/N=C(\C(=O)OCC)c1nc2ccccc2n(C2C[C@H]3CCC[C@@H](C2)N3C2CC3CCCCC(C3)C2)c1=O. The lowest BCUT2D eigenvalue weighted by molar-refractivity contribution is -0.135. The van der Waals surface area contributed by atoms with E-state index >= 15 is 0 Å². The molecular formula is C32H44N4O4. The minimum absolute atomic E-state index is 0.00884. The number of carbonyl (C=O) groups is 1. The molecule has 1 aromatic heterocycles. The van der Waals surface area contributed by atoms with Crippen LogP contribution in [0.3, 0.4) is 0 Å². The molecule has 0 radical (unpaired) electrons. The quantitative estimate of drug-likeness (QED) is 0.254. The number of rotatable bonds is 7. The molecule has 0 N–H and O–H groups in total.